The summed E-state index contributed by atoms with van der Waals surface area (Å²) in [5, 5.41) is 2.35. The van der Waals surface area contributed by atoms with Crippen molar-refractivity contribution in [3.63, 3.8) is 0 Å². The maximum absolute atomic E-state index is 11.2. The van der Waals surface area contributed by atoms with Crippen molar-refractivity contribution in [2.45, 2.75) is 18.4 Å². The van der Waals surface area contributed by atoms with Crippen LogP contribution in [0.25, 0.3) is 21.8 Å². The number of hydrogen-bond acceptors (Lipinski definition) is 4. The lowest BCUT2D eigenvalue weighted by Gasteiger charge is -2.13. The van der Waals surface area contributed by atoms with Crippen molar-refractivity contribution in [2.75, 3.05) is 6.26 Å². The third kappa shape index (κ3) is 3.26. The van der Waals surface area contributed by atoms with E-state index in [1.54, 1.807) is 11.8 Å². The Morgan fingerprint density at radius 2 is 1.70 bits per heavy atom. The predicted molar refractivity (Wildman–Crippen MR) is 109 cm³/mol. The molecule has 0 saturated heterocycles. The van der Waals surface area contributed by atoms with Gasteiger partial charge in [-0.2, -0.15) is 0 Å². The zero-order chi connectivity index (χ0) is 18.8. The van der Waals surface area contributed by atoms with Crippen LogP contribution in [0, 0.1) is 0 Å². The molecule has 1 heterocycles. The molecule has 0 aliphatic carbocycles. The van der Waals surface area contributed by atoms with E-state index in [0.717, 1.165) is 27.9 Å². The van der Waals surface area contributed by atoms with Crippen LogP contribution in [0.15, 0.2) is 71.6 Å². The Bertz CT molecular complexity index is 1120. The first kappa shape index (κ1) is 17.5. The predicted octanol–water partition coefficient (Wildman–Crippen LogP) is 5.42. The van der Waals surface area contributed by atoms with Crippen LogP contribution in [0.4, 0.5) is 0 Å². The molecule has 1 aromatic heterocycles. The maximum atomic E-state index is 11.2. The van der Waals surface area contributed by atoms with Gasteiger partial charge >= 0.3 is 5.97 Å². The highest BCUT2D eigenvalue weighted by Gasteiger charge is 2.18. The number of aromatic nitrogens is 1. The van der Waals surface area contributed by atoms with Crippen molar-refractivity contribution < 1.29 is 14.6 Å². The van der Waals surface area contributed by atoms with E-state index in [1.165, 1.54) is 17.9 Å². The molecule has 4 nitrogen and oxygen atoms in total. The minimum Gasteiger partial charge on any atom is -0.335 e. The molecule has 136 valence electrons. The monoisotopic (exact) mass is 377 g/mol. The Labute approximate surface area is 161 Å². The number of rotatable bonds is 5. The summed E-state index contributed by atoms with van der Waals surface area (Å²) in [6, 6.07) is 22.6. The molecule has 0 unspecified atom stereocenters. The Balaban J connectivity index is 1.97. The first-order valence-corrected chi connectivity index (χ1v) is 9.88. The van der Waals surface area contributed by atoms with Crippen LogP contribution in [0.3, 0.4) is 0 Å². The van der Waals surface area contributed by atoms with E-state index in [9.17, 15) is 4.79 Å². The van der Waals surface area contributed by atoms with Gasteiger partial charge in [0.25, 0.3) is 0 Å². The van der Waals surface area contributed by atoms with Crippen LogP contribution < -0.4 is 4.89 Å². The Hall–Kier alpha value is -2.92. The molecular weight excluding hydrogens is 358 g/mol. The van der Waals surface area contributed by atoms with Gasteiger partial charge in [0.05, 0.1) is 10.4 Å². The second-order valence-corrected chi connectivity index (χ2v) is 7.06. The molecule has 0 atom stereocenters. The number of nitrogens with zero attached hydrogens (tertiary/aromatic N) is 1. The summed E-state index contributed by atoms with van der Waals surface area (Å²) < 4.78 is 2.30. The summed E-state index contributed by atoms with van der Waals surface area (Å²) in [6.45, 7) is 2.07. The van der Waals surface area contributed by atoms with Gasteiger partial charge in [0.15, 0.2) is 5.75 Å². The Morgan fingerprint density at radius 3 is 2.44 bits per heavy atom. The fourth-order valence-electron chi connectivity index (χ4n) is 3.39. The second kappa shape index (κ2) is 7.37. The van der Waals surface area contributed by atoms with Gasteiger partial charge in [-0.1, -0.05) is 48.5 Å². The van der Waals surface area contributed by atoms with Gasteiger partial charge in [0.1, 0.15) is 0 Å². The van der Waals surface area contributed by atoms with Crippen LogP contribution in [-0.2, 0) is 16.2 Å². The molecule has 0 aliphatic rings. The lowest BCUT2D eigenvalue weighted by atomic mass is 10.1. The number of carbonyl (C=O) groups is 1. The van der Waals surface area contributed by atoms with E-state index in [0.29, 0.717) is 5.75 Å². The minimum atomic E-state index is -0.480. The van der Waals surface area contributed by atoms with E-state index in [-0.39, 0.29) is 0 Å². The summed E-state index contributed by atoms with van der Waals surface area (Å²) in [5.41, 5.74) is 3.46. The van der Waals surface area contributed by atoms with Crippen molar-refractivity contribution in [3.8, 4) is 5.75 Å². The fraction of sp³-hybridized carbons (Fsp3) is 0.136. The summed E-state index contributed by atoms with van der Waals surface area (Å²) >= 11 is 1.58. The maximum Gasteiger partial charge on any atom is 0.352 e. The van der Waals surface area contributed by atoms with Crippen molar-refractivity contribution >= 4 is 39.5 Å². The normalized spacial score (nSPS) is 11.0. The molecular formula is C22H19NO3S. The Kier molecular flexibility index (Phi) is 4.77. The molecule has 0 saturated carbocycles. The molecule has 0 N–H and O–H groups in total. The number of para-hydroxylation sites is 1. The standard InChI is InChI=1S/C22H19NO3S/c1-15(24)25-26-20-13-12-18-17-10-6-7-11-19(17)23(21(18)22(20)27-2)14-16-8-4-3-5-9-16/h3-13H,14H2,1-2H3. The number of hydrogen-bond donors (Lipinski definition) is 0. The SMILES string of the molecule is CSc1c(OOC(C)=O)ccc2c3ccccc3n(Cc3ccccc3)c12. The molecule has 0 aliphatic heterocycles. The molecule has 27 heavy (non-hydrogen) atoms. The van der Waals surface area contributed by atoms with Crippen molar-refractivity contribution in [2.24, 2.45) is 0 Å². The minimum absolute atomic E-state index is 0.480. The van der Waals surface area contributed by atoms with Crippen LogP contribution >= 0.6 is 11.8 Å². The molecule has 0 radical (unpaired) electrons. The van der Waals surface area contributed by atoms with Crippen molar-refractivity contribution in [3.05, 3.63) is 72.3 Å². The van der Waals surface area contributed by atoms with Gasteiger partial charge in [-0.3, -0.25) is 9.78 Å². The van der Waals surface area contributed by atoms with Crippen LogP contribution in [-0.4, -0.2) is 16.8 Å². The van der Waals surface area contributed by atoms with Crippen LogP contribution in [0.5, 0.6) is 5.75 Å². The molecule has 0 fully saturated rings. The van der Waals surface area contributed by atoms with E-state index in [4.69, 9.17) is 9.78 Å². The van der Waals surface area contributed by atoms with Crippen molar-refractivity contribution in [1.29, 1.82) is 0 Å². The largest absolute Gasteiger partial charge is 0.352 e. The topological polar surface area (TPSA) is 40.5 Å². The van der Waals surface area contributed by atoms with Crippen LogP contribution in [0.2, 0.25) is 0 Å². The second-order valence-electron chi connectivity index (χ2n) is 6.24. The van der Waals surface area contributed by atoms with Gasteiger partial charge in [0.2, 0.25) is 0 Å². The highest BCUT2D eigenvalue weighted by atomic mass is 32.2. The van der Waals surface area contributed by atoms with Gasteiger partial charge in [0, 0.05) is 29.8 Å². The summed E-state index contributed by atoms with van der Waals surface area (Å²) in [6.07, 6.45) is 2.00. The number of fused-ring (bicyclic) bond motifs is 3. The first-order valence-electron chi connectivity index (χ1n) is 8.66. The molecule has 0 bridgehead atoms. The summed E-state index contributed by atoms with van der Waals surface area (Å²) in [4.78, 5) is 22.2. The Morgan fingerprint density at radius 1 is 0.963 bits per heavy atom. The van der Waals surface area contributed by atoms with Gasteiger partial charge in [-0.05, 0) is 30.0 Å². The number of thioether (sulfide) groups is 1. The van der Waals surface area contributed by atoms with Gasteiger partial charge < -0.3 is 4.57 Å². The third-order valence-corrected chi connectivity index (χ3v) is 5.29. The summed E-state index contributed by atoms with van der Waals surface area (Å²) in [5.74, 6) is 0.0642. The molecule has 4 rings (SSSR count). The fourth-order valence-corrected chi connectivity index (χ4v) is 4.11. The number of carbonyl (C=O) groups excluding carboxylic acids is 1. The highest BCUT2D eigenvalue weighted by Crippen LogP contribution is 2.40. The lowest BCUT2D eigenvalue weighted by molar-refractivity contribution is -0.211. The smallest absolute Gasteiger partial charge is 0.335 e. The molecule has 0 amide bonds. The molecule has 5 heteroatoms. The van der Waals surface area contributed by atoms with E-state index >= 15 is 0 Å². The summed E-state index contributed by atoms with van der Waals surface area (Å²) in [7, 11) is 0. The quantitative estimate of drug-likeness (QED) is 0.264. The van der Waals surface area contributed by atoms with Gasteiger partial charge in [-0.15, -0.1) is 11.8 Å². The molecule has 3 aromatic carbocycles. The van der Waals surface area contributed by atoms with E-state index < -0.39 is 5.97 Å². The molecule has 0 spiro atoms. The van der Waals surface area contributed by atoms with Crippen LogP contribution in [0.1, 0.15) is 12.5 Å². The number of benzene rings is 3. The lowest BCUT2D eigenvalue weighted by Crippen LogP contribution is -2.05. The average molecular weight is 377 g/mol. The van der Waals surface area contributed by atoms with Gasteiger partial charge in [-0.25, -0.2) is 4.79 Å². The van der Waals surface area contributed by atoms with E-state index in [2.05, 4.69) is 41.0 Å². The zero-order valence-electron chi connectivity index (χ0n) is 15.1. The zero-order valence-corrected chi connectivity index (χ0v) is 16.0. The third-order valence-electron chi connectivity index (χ3n) is 4.49. The first-order chi connectivity index (χ1) is 13.2. The van der Waals surface area contributed by atoms with Crippen molar-refractivity contribution in [1.82, 2.24) is 4.57 Å². The highest BCUT2D eigenvalue weighted by molar-refractivity contribution is 7.99. The average Bonchev–Trinajstić information content (AvgIpc) is 3.01. The van der Waals surface area contributed by atoms with E-state index in [1.807, 2.05) is 36.6 Å². The molecule has 4 aromatic rings.